The fraction of sp³-hybridized carbons (Fsp3) is 0.700. The first-order chi connectivity index (χ1) is 6.44. The van der Waals surface area contributed by atoms with Crippen molar-refractivity contribution >= 4 is 5.97 Å². The number of ether oxygens (including phenoxy) is 2. The molecule has 1 rings (SSSR count). The van der Waals surface area contributed by atoms with Gasteiger partial charge in [0, 0.05) is 5.57 Å². The Morgan fingerprint density at radius 1 is 1.64 bits per heavy atom. The third kappa shape index (κ3) is 2.82. The van der Waals surface area contributed by atoms with Gasteiger partial charge in [0.1, 0.15) is 6.10 Å². The second-order valence-electron chi connectivity index (χ2n) is 3.72. The van der Waals surface area contributed by atoms with Crippen LogP contribution in [-0.2, 0) is 14.3 Å². The molecule has 4 heteroatoms. The van der Waals surface area contributed by atoms with E-state index in [1.807, 2.05) is 13.8 Å². The predicted molar refractivity (Wildman–Crippen MR) is 50.9 cm³/mol. The van der Waals surface area contributed by atoms with Crippen LogP contribution in [0, 0.1) is 0 Å². The van der Waals surface area contributed by atoms with E-state index in [1.165, 1.54) is 0 Å². The van der Waals surface area contributed by atoms with E-state index in [9.17, 15) is 4.79 Å². The first-order valence-electron chi connectivity index (χ1n) is 4.70. The van der Waals surface area contributed by atoms with Crippen LogP contribution in [0.2, 0.25) is 0 Å². The molecule has 0 spiro atoms. The molecule has 1 N–H and O–H groups in total. The van der Waals surface area contributed by atoms with Crippen LogP contribution in [0.25, 0.3) is 0 Å². The minimum absolute atomic E-state index is 0.240. The highest BCUT2D eigenvalue weighted by molar-refractivity contribution is 5.86. The predicted octanol–water partition coefficient (Wildman–Crippen LogP) is 1.56. The van der Waals surface area contributed by atoms with Crippen LogP contribution in [0.1, 0.15) is 27.2 Å². The van der Waals surface area contributed by atoms with Gasteiger partial charge in [-0.1, -0.05) is 6.92 Å². The van der Waals surface area contributed by atoms with E-state index in [0.717, 1.165) is 0 Å². The van der Waals surface area contributed by atoms with E-state index < -0.39 is 11.8 Å². The van der Waals surface area contributed by atoms with Crippen molar-refractivity contribution in [3.63, 3.8) is 0 Å². The largest absolute Gasteiger partial charge is 0.478 e. The normalized spacial score (nSPS) is 26.5. The van der Waals surface area contributed by atoms with Gasteiger partial charge in [0.2, 0.25) is 0 Å². The molecule has 0 unspecified atom stereocenters. The maximum atomic E-state index is 10.7. The second-order valence-corrected chi connectivity index (χ2v) is 3.72. The van der Waals surface area contributed by atoms with Crippen LogP contribution in [0.3, 0.4) is 0 Å². The van der Waals surface area contributed by atoms with Crippen LogP contribution in [-0.4, -0.2) is 29.6 Å². The van der Waals surface area contributed by atoms with Crippen molar-refractivity contribution < 1.29 is 19.4 Å². The van der Waals surface area contributed by atoms with Crippen molar-refractivity contribution in [3.05, 3.63) is 11.6 Å². The van der Waals surface area contributed by atoms with Crippen LogP contribution >= 0.6 is 0 Å². The lowest BCUT2D eigenvalue weighted by Crippen LogP contribution is -2.21. The van der Waals surface area contributed by atoms with Crippen molar-refractivity contribution in [3.8, 4) is 0 Å². The van der Waals surface area contributed by atoms with E-state index in [0.29, 0.717) is 18.6 Å². The second kappa shape index (κ2) is 4.11. The highest BCUT2D eigenvalue weighted by Crippen LogP contribution is 2.23. The Bertz CT molecular complexity index is 255. The summed E-state index contributed by atoms with van der Waals surface area (Å²) >= 11 is 0. The molecular weight excluding hydrogens is 184 g/mol. The first kappa shape index (κ1) is 11.2. The minimum Gasteiger partial charge on any atom is -0.478 e. The molecule has 1 aliphatic rings. The van der Waals surface area contributed by atoms with Gasteiger partial charge in [-0.25, -0.2) is 4.79 Å². The fourth-order valence-corrected chi connectivity index (χ4v) is 1.36. The molecule has 1 saturated heterocycles. The molecule has 14 heavy (non-hydrogen) atoms. The summed E-state index contributed by atoms with van der Waals surface area (Å²) in [5.41, 5.74) is 0.372. The number of aliphatic carboxylic acids is 1. The maximum absolute atomic E-state index is 10.7. The number of carboxylic acid groups (broad SMARTS) is 1. The van der Waals surface area contributed by atoms with Gasteiger partial charge in [-0.2, -0.15) is 0 Å². The number of carbonyl (C=O) groups is 1. The quantitative estimate of drug-likeness (QED) is 0.702. The van der Waals surface area contributed by atoms with E-state index in [-0.39, 0.29) is 6.10 Å². The van der Waals surface area contributed by atoms with Gasteiger partial charge in [-0.05, 0) is 26.3 Å². The van der Waals surface area contributed by atoms with E-state index in [2.05, 4.69) is 0 Å². The Morgan fingerprint density at radius 2 is 2.29 bits per heavy atom. The molecule has 0 saturated carbocycles. The number of hydrogen-bond acceptors (Lipinski definition) is 3. The van der Waals surface area contributed by atoms with Gasteiger partial charge in [-0.15, -0.1) is 0 Å². The van der Waals surface area contributed by atoms with E-state index in [1.54, 1.807) is 13.0 Å². The summed E-state index contributed by atoms with van der Waals surface area (Å²) in [5, 5.41) is 8.80. The Balaban J connectivity index is 2.64. The molecule has 0 aliphatic carbocycles. The van der Waals surface area contributed by atoms with Gasteiger partial charge in [0.25, 0.3) is 0 Å². The van der Waals surface area contributed by atoms with Crippen LogP contribution in [0.5, 0.6) is 0 Å². The fourth-order valence-electron chi connectivity index (χ4n) is 1.36. The molecule has 0 bridgehead atoms. The van der Waals surface area contributed by atoms with Gasteiger partial charge in [0.15, 0.2) is 5.79 Å². The summed E-state index contributed by atoms with van der Waals surface area (Å²) in [6.45, 7) is 5.85. The third-order valence-electron chi connectivity index (χ3n) is 2.07. The van der Waals surface area contributed by atoms with E-state index >= 15 is 0 Å². The van der Waals surface area contributed by atoms with Gasteiger partial charge >= 0.3 is 5.97 Å². The molecule has 0 amide bonds. The van der Waals surface area contributed by atoms with Crippen LogP contribution in [0.15, 0.2) is 11.6 Å². The molecule has 1 heterocycles. The highest BCUT2D eigenvalue weighted by Gasteiger charge is 2.31. The Hall–Kier alpha value is -0.870. The molecule has 80 valence electrons. The minimum atomic E-state index is -0.888. The molecule has 1 fully saturated rings. The number of carboxylic acids is 1. The smallest absolute Gasteiger partial charge is 0.331 e. The lowest BCUT2D eigenvalue weighted by atomic mass is 10.1. The zero-order chi connectivity index (χ0) is 10.8. The zero-order valence-corrected chi connectivity index (χ0v) is 8.74. The summed E-state index contributed by atoms with van der Waals surface area (Å²) < 4.78 is 10.8. The van der Waals surface area contributed by atoms with Gasteiger partial charge in [-0.3, -0.25) is 0 Å². The topological polar surface area (TPSA) is 55.8 Å². The molecule has 1 aliphatic heterocycles. The van der Waals surface area contributed by atoms with Crippen molar-refractivity contribution in [1.82, 2.24) is 0 Å². The average Bonchev–Trinajstić information content (AvgIpc) is 2.41. The standard InChI is InChI=1S/C10H16O4/c1-4-7(9(11)12)5-8-6-13-10(2,3)14-8/h5,8H,4,6H2,1-3H3,(H,11,12)/b7-5+/t8-/m0/s1. The van der Waals surface area contributed by atoms with Crippen LogP contribution in [0.4, 0.5) is 0 Å². The SMILES string of the molecule is CC/C(=C\[C@H]1COC(C)(C)O1)C(=O)O. The van der Waals surface area contributed by atoms with Crippen molar-refractivity contribution in [2.75, 3.05) is 6.61 Å². The molecule has 0 aromatic rings. The summed E-state index contributed by atoms with van der Waals surface area (Å²) in [7, 11) is 0. The van der Waals surface area contributed by atoms with Crippen LogP contribution < -0.4 is 0 Å². The number of rotatable bonds is 3. The van der Waals surface area contributed by atoms with Crippen molar-refractivity contribution in [2.45, 2.75) is 39.1 Å². The average molecular weight is 200 g/mol. The Kier molecular flexibility index (Phi) is 3.29. The summed E-state index contributed by atoms with van der Waals surface area (Å²) in [6.07, 6.45) is 1.88. The lowest BCUT2D eigenvalue weighted by Gasteiger charge is -2.15. The molecule has 1 atom stereocenters. The summed E-state index contributed by atoms with van der Waals surface area (Å²) in [4.78, 5) is 10.7. The van der Waals surface area contributed by atoms with Gasteiger partial charge in [0.05, 0.1) is 6.61 Å². The lowest BCUT2D eigenvalue weighted by molar-refractivity contribution is -0.135. The Labute approximate surface area is 83.5 Å². The zero-order valence-electron chi connectivity index (χ0n) is 8.74. The maximum Gasteiger partial charge on any atom is 0.331 e. The van der Waals surface area contributed by atoms with Crippen molar-refractivity contribution in [1.29, 1.82) is 0 Å². The molecule has 4 nitrogen and oxygen atoms in total. The first-order valence-corrected chi connectivity index (χ1v) is 4.70. The number of hydrogen-bond donors (Lipinski definition) is 1. The van der Waals surface area contributed by atoms with Gasteiger partial charge < -0.3 is 14.6 Å². The molecule has 0 aromatic heterocycles. The molecular formula is C10H16O4. The third-order valence-corrected chi connectivity index (χ3v) is 2.07. The monoisotopic (exact) mass is 200 g/mol. The summed E-state index contributed by atoms with van der Waals surface area (Å²) in [5.74, 6) is -1.49. The summed E-state index contributed by atoms with van der Waals surface area (Å²) in [6, 6.07) is 0. The Morgan fingerprint density at radius 3 is 2.64 bits per heavy atom. The highest BCUT2D eigenvalue weighted by atomic mass is 16.7. The van der Waals surface area contributed by atoms with Crippen molar-refractivity contribution in [2.24, 2.45) is 0 Å². The van der Waals surface area contributed by atoms with E-state index in [4.69, 9.17) is 14.6 Å². The molecule has 0 aromatic carbocycles. The molecule has 0 radical (unpaired) electrons.